The van der Waals surface area contributed by atoms with Crippen molar-refractivity contribution in [2.24, 2.45) is 17.2 Å². The van der Waals surface area contributed by atoms with Gasteiger partial charge in [0.15, 0.2) is 0 Å². The van der Waals surface area contributed by atoms with Crippen LogP contribution in [0.25, 0.3) is 0 Å². The summed E-state index contributed by atoms with van der Waals surface area (Å²) >= 11 is 12.1. The van der Waals surface area contributed by atoms with Crippen molar-refractivity contribution in [1.82, 2.24) is 15.5 Å². The Kier molecular flexibility index (Phi) is 12.7. The lowest BCUT2D eigenvalue weighted by Gasteiger charge is -2.24. The zero-order chi connectivity index (χ0) is 26.5. The minimum Gasteiger partial charge on any atom is -0.350 e. The van der Waals surface area contributed by atoms with E-state index in [-0.39, 0.29) is 37.9 Å². The van der Waals surface area contributed by atoms with Crippen molar-refractivity contribution in [3.63, 3.8) is 0 Å². The number of nitrogens with zero attached hydrogens (tertiary/aromatic N) is 1. The lowest BCUT2D eigenvalue weighted by molar-refractivity contribution is -0.135. The molecule has 0 spiro atoms. The molecular formula is C25H34Cl2N6O3. The summed E-state index contributed by atoms with van der Waals surface area (Å²) in [5.74, 6) is -1.30. The van der Waals surface area contributed by atoms with Crippen molar-refractivity contribution in [1.29, 1.82) is 0 Å². The minimum absolute atomic E-state index is 0.175. The summed E-state index contributed by atoms with van der Waals surface area (Å²) in [4.78, 5) is 39.9. The molecule has 8 N–H and O–H groups in total. The van der Waals surface area contributed by atoms with Crippen LogP contribution >= 0.6 is 23.2 Å². The van der Waals surface area contributed by atoms with Gasteiger partial charge in [-0.1, -0.05) is 53.5 Å². The summed E-state index contributed by atoms with van der Waals surface area (Å²) in [5, 5.41) is 6.42. The van der Waals surface area contributed by atoms with Gasteiger partial charge in [0.25, 0.3) is 0 Å². The smallest absolute Gasteiger partial charge is 0.242 e. The Morgan fingerprint density at radius 1 is 0.889 bits per heavy atom. The Labute approximate surface area is 221 Å². The summed E-state index contributed by atoms with van der Waals surface area (Å²) in [7, 11) is 0. The van der Waals surface area contributed by atoms with Gasteiger partial charge in [-0.05, 0) is 42.2 Å². The second-order valence-corrected chi connectivity index (χ2v) is 9.22. The molecule has 2 aromatic carbocycles. The highest BCUT2D eigenvalue weighted by Gasteiger charge is 2.26. The molecule has 11 heteroatoms. The average molecular weight is 537 g/mol. The molecule has 9 nitrogen and oxygen atoms in total. The summed E-state index contributed by atoms with van der Waals surface area (Å²) in [6, 6.07) is 12.6. The number of carbonyl (C=O) groups excluding carboxylic acids is 3. The molecule has 0 aromatic heterocycles. The largest absolute Gasteiger partial charge is 0.350 e. The molecule has 0 saturated heterocycles. The van der Waals surface area contributed by atoms with E-state index in [1.165, 1.54) is 4.90 Å². The van der Waals surface area contributed by atoms with E-state index in [9.17, 15) is 14.4 Å². The maximum Gasteiger partial charge on any atom is 0.242 e. The lowest BCUT2D eigenvalue weighted by Crippen LogP contribution is -2.53. The fourth-order valence-electron chi connectivity index (χ4n) is 3.61. The van der Waals surface area contributed by atoms with Crippen LogP contribution in [0.4, 0.5) is 0 Å². The SMILES string of the molecule is NCCN(CCN)C(=O)C[C@H](N)C(=O)N[C@@H](CCc1ccccc1)C(=O)NCc1cc(Cl)cc(Cl)c1. The maximum absolute atomic E-state index is 13.0. The Hall–Kier alpha value is -2.69. The van der Waals surface area contributed by atoms with Gasteiger partial charge < -0.3 is 32.7 Å². The first-order valence-electron chi connectivity index (χ1n) is 11.7. The molecule has 0 heterocycles. The predicted molar refractivity (Wildman–Crippen MR) is 142 cm³/mol. The molecule has 2 aromatic rings. The van der Waals surface area contributed by atoms with Crippen molar-refractivity contribution < 1.29 is 14.4 Å². The molecular weight excluding hydrogens is 503 g/mol. The van der Waals surface area contributed by atoms with Gasteiger partial charge >= 0.3 is 0 Å². The van der Waals surface area contributed by atoms with E-state index in [0.29, 0.717) is 36.0 Å². The van der Waals surface area contributed by atoms with Crippen LogP contribution in [0, 0.1) is 0 Å². The van der Waals surface area contributed by atoms with Gasteiger partial charge in [-0.15, -0.1) is 0 Å². The summed E-state index contributed by atoms with van der Waals surface area (Å²) in [5.41, 5.74) is 18.9. The Balaban J connectivity index is 2.05. The quantitative estimate of drug-likeness (QED) is 0.244. The Bertz CT molecular complexity index is 982. The normalized spacial score (nSPS) is 12.5. The van der Waals surface area contributed by atoms with Crippen LogP contribution in [0.2, 0.25) is 10.0 Å². The number of nitrogens with two attached hydrogens (primary N) is 3. The first-order valence-corrected chi connectivity index (χ1v) is 12.5. The topological polar surface area (TPSA) is 157 Å². The first kappa shape index (κ1) is 29.5. The zero-order valence-electron chi connectivity index (χ0n) is 20.1. The molecule has 2 rings (SSSR count). The number of hydrogen-bond acceptors (Lipinski definition) is 6. The molecule has 0 aliphatic carbocycles. The number of amides is 3. The Morgan fingerprint density at radius 2 is 1.50 bits per heavy atom. The number of hydrogen-bond donors (Lipinski definition) is 5. The third-order valence-corrected chi connectivity index (χ3v) is 5.91. The highest BCUT2D eigenvalue weighted by molar-refractivity contribution is 6.34. The molecule has 0 aliphatic rings. The summed E-state index contributed by atoms with van der Waals surface area (Å²) in [6.07, 6.45) is 0.669. The van der Waals surface area contributed by atoms with Crippen molar-refractivity contribution in [2.75, 3.05) is 26.2 Å². The summed E-state index contributed by atoms with van der Waals surface area (Å²) in [6.45, 7) is 1.36. The predicted octanol–water partition coefficient (Wildman–Crippen LogP) is 1.19. The van der Waals surface area contributed by atoms with E-state index in [1.54, 1.807) is 18.2 Å². The van der Waals surface area contributed by atoms with Crippen LogP contribution in [0.15, 0.2) is 48.5 Å². The molecule has 0 saturated carbocycles. The standard InChI is InChI=1S/C25H34Cl2N6O3/c26-19-12-18(13-20(27)14-19)16-31-25(36)22(7-6-17-4-2-1-3-5-17)32-24(35)21(30)15-23(34)33(10-8-28)11-9-29/h1-5,12-14,21-22H,6-11,15-16,28-30H2,(H,31,36)(H,32,35)/t21-,22-/m0/s1. The number of halogens is 2. The summed E-state index contributed by atoms with van der Waals surface area (Å²) < 4.78 is 0. The van der Waals surface area contributed by atoms with Crippen LogP contribution in [-0.4, -0.2) is 60.9 Å². The number of aryl methyl sites for hydroxylation is 1. The van der Waals surface area contributed by atoms with E-state index in [1.807, 2.05) is 30.3 Å². The monoisotopic (exact) mass is 536 g/mol. The van der Waals surface area contributed by atoms with Crippen LogP contribution in [0.3, 0.4) is 0 Å². The molecule has 0 unspecified atom stereocenters. The van der Waals surface area contributed by atoms with Crippen molar-refractivity contribution >= 4 is 40.9 Å². The average Bonchev–Trinajstić information content (AvgIpc) is 2.84. The molecule has 196 valence electrons. The van der Waals surface area contributed by atoms with Crippen molar-refractivity contribution in [2.45, 2.75) is 37.9 Å². The van der Waals surface area contributed by atoms with E-state index in [4.69, 9.17) is 40.4 Å². The van der Waals surface area contributed by atoms with E-state index >= 15 is 0 Å². The second-order valence-electron chi connectivity index (χ2n) is 8.35. The number of nitrogens with one attached hydrogen (secondary N) is 2. The van der Waals surface area contributed by atoms with Gasteiger partial charge in [0.1, 0.15) is 6.04 Å². The minimum atomic E-state index is -1.13. The van der Waals surface area contributed by atoms with Gasteiger partial charge in [0.2, 0.25) is 17.7 Å². The Morgan fingerprint density at radius 3 is 2.08 bits per heavy atom. The maximum atomic E-state index is 13.0. The lowest BCUT2D eigenvalue weighted by atomic mass is 10.0. The number of rotatable bonds is 14. The van der Waals surface area contributed by atoms with Crippen LogP contribution in [0.1, 0.15) is 24.0 Å². The van der Waals surface area contributed by atoms with Crippen LogP contribution in [-0.2, 0) is 27.3 Å². The van der Waals surface area contributed by atoms with Crippen LogP contribution < -0.4 is 27.8 Å². The molecule has 3 amide bonds. The number of carbonyl (C=O) groups is 3. The van der Waals surface area contributed by atoms with E-state index in [0.717, 1.165) is 11.1 Å². The van der Waals surface area contributed by atoms with Gasteiger partial charge in [-0.3, -0.25) is 14.4 Å². The molecule has 0 radical (unpaired) electrons. The molecule has 36 heavy (non-hydrogen) atoms. The van der Waals surface area contributed by atoms with Gasteiger partial charge in [0.05, 0.1) is 12.5 Å². The fraction of sp³-hybridized carbons (Fsp3) is 0.400. The second kappa shape index (κ2) is 15.4. The van der Waals surface area contributed by atoms with Gasteiger partial charge in [-0.25, -0.2) is 0 Å². The zero-order valence-corrected chi connectivity index (χ0v) is 21.6. The first-order chi connectivity index (χ1) is 17.2. The van der Waals surface area contributed by atoms with Crippen molar-refractivity contribution in [3.8, 4) is 0 Å². The highest BCUT2D eigenvalue weighted by Crippen LogP contribution is 2.19. The third kappa shape index (κ3) is 10.1. The van der Waals surface area contributed by atoms with E-state index in [2.05, 4.69) is 10.6 Å². The van der Waals surface area contributed by atoms with Crippen molar-refractivity contribution in [3.05, 3.63) is 69.7 Å². The molecule has 0 bridgehead atoms. The molecule has 0 fully saturated rings. The highest BCUT2D eigenvalue weighted by atomic mass is 35.5. The third-order valence-electron chi connectivity index (χ3n) is 5.47. The van der Waals surface area contributed by atoms with E-state index < -0.39 is 18.0 Å². The molecule has 0 aliphatic heterocycles. The molecule has 2 atom stereocenters. The van der Waals surface area contributed by atoms with Gasteiger partial charge in [-0.2, -0.15) is 0 Å². The van der Waals surface area contributed by atoms with Gasteiger partial charge in [0, 0.05) is 42.8 Å². The number of benzene rings is 2. The fourth-order valence-corrected chi connectivity index (χ4v) is 4.18. The van der Waals surface area contributed by atoms with Crippen LogP contribution in [0.5, 0.6) is 0 Å².